The smallest absolute Gasteiger partial charge is 0.266 e. The molecule has 1 aromatic heterocycles. The summed E-state index contributed by atoms with van der Waals surface area (Å²) in [5, 5.41) is 11.1. The highest BCUT2D eigenvalue weighted by molar-refractivity contribution is 5.93. The third kappa shape index (κ3) is 4.82. The van der Waals surface area contributed by atoms with Gasteiger partial charge in [-0.25, -0.2) is 5.84 Å². The molecule has 3 rings (SSSR count). The van der Waals surface area contributed by atoms with Gasteiger partial charge in [-0.3, -0.25) is 15.2 Å². The fraction of sp³-hybridized carbons (Fsp3) is 0.400. The Hall–Kier alpha value is -2.48. The van der Waals surface area contributed by atoms with Crippen molar-refractivity contribution in [3.63, 3.8) is 0 Å². The van der Waals surface area contributed by atoms with Gasteiger partial charge in [-0.05, 0) is 57.2 Å². The Morgan fingerprint density at radius 2 is 2.00 bits per heavy atom. The van der Waals surface area contributed by atoms with Crippen molar-refractivity contribution in [1.29, 1.82) is 0 Å². The van der Waals surface area contributed by atoms with E-state index in [1.807, 2.05) is 35.2 Å². The number of hydrazine groups is 1. The van der Waals surface area contributed by atoms with Crippen LogP contribution in [-0.4, -0.2) is 47.3 Å². The van der Waals surface area contributed by atoms with Crippen LogP contribution < -0.4 is 16.2 Å². The third-order valence-corrected chi connectivity index (χ3v) is 5.14. The van der Waals surface area contributed by atoms with E-state index in [1.54, 1.807) is 12.1 Å². The fourth-order valence-electron chi connectivity index (χ4n) is 3.45. The van der Waals surface area contributed by atoms with Gasteiger partial charge in [0, 0.05) is 17.8 Å². The summed E-state index contributed by atoms with van der Waals surface area (Å²) in [5.41, 5.74) is 4.24. The van der Waals surface area contributed by atoms with Crippen LogP contribution in [0.1, 0.15) is 28.9 Å². The number of nitrogens with one attached hydrogen (secondary N) is 1. The number of carbonyl (C=O) groups excluding carboxylic acids is 1. The first-order chi connectivity index (χ1) is 13.1. The monoisotopic (exact) mass is 369 g/mol. The number of hydrogen-bond donors (Lipinski definition) is 3. The number of para-hydroxylation sites is 1. The maximum absolute atomic E-state index is 11.6. The van der Waals surface area contributed by atoms with E-state index in [9.17, 15) is 9.90 Å². The molecule has 0 radical (unpaired) electrons. The first-order valence-electron chi connectivity index (χ1n) is 9.22. The average Bonchev–Trinajstić information content (AvgIpc) is 2.72. The van der Waals surface area contributed by atoms with Gasteiger partial charge in [-0.1, -0.05) is 18.2 Å². The van der Waals surface area contributed by atoms with E-state index in [0.29, 0.717) is 12.1 Å². The normalized spacial score (nSPS) is 16.7. The lowest BCUT2D eigenvalue weighted by molar-refractivity contribution is 0.0618. The van der Waals surface area contributed by atoms with Crippen LogP contribution in [0, 0.1) is 5.92 Å². The van der Waals surface area contributed by atoms with Gasteiger partial charge in [0.2, 0.25) is 0 Å². The number of aliphatic hydroxyl groups excluding tert-OH is 1. The van der Waals surface area contributed by atoms with Crippen molar-refractivity contribution in [3.8, 4) is 0 Å². The summed E-state index contributed by atoms with van der Waals surface area (Å²) in [4.78, 5) is 20.2. The summed E-state index contributed by atoms with van der Waals surface area (Å²) in [7, 11) is 2.11. The van der Waals surface area contributed by atoms with Crippen LogP contribution in [0.25, 0.3) is 0 Å². The number of nitrogen functional groups attached to an aromatic ring is 1. The highest BCUT2D eigenvalue weighted by Gasteiger charge is 2.29. The van der Waals surface area contributed by atoms with Crippen LogP contribution >= 0.6 is 0 Å². The number of benzene rings is 1. The van der Waals surface area contributed by atoms with Crippen LogP contribution in [0.5, 0.6) is 0 Å². The summed E-state index contributed by atoms with van der Waals surface area (Å²) in [6.45, 7) is 2.44. The lowest BCUT2D eigenvalue weighted by Crippen LogP contribution is -2.45. The highest BCUT2D eigenvalue weighted by Crippen LogP contribution is 2.27. The van der Waals surface area contributed by atoms with Crippen LogP contribution in [0.4, 0.5) is 5.69 Å². The second-order valence-corrected chi connectivity index (χ2v) is 7.03. The van der Waals surface area contributed by atoms with Crippen molar-refractivity contribution in [2.45, 2.75) is 25.6 Å². The Labute approximate surface area is 159 Å². The van der Waals surface area contributed by atoms with Crippen molar-refractivity contribution in [2.75, 3.05) is 25.0 Å². The number of carbonyl (C=O) groups is 1. The lowest BCUT2D eigenvalue weighted by atomic mass is 9.94. The van der Waals surface area contributed by atoms with Gasteiger partial charge >= 0.3 is 0 Å². The second-order valence-electron chi connectivity index (χ2n) is 7.03. The molecule has 1 unspecified atom stereocenters. The predicted octanol–water partition coefficient (Wildman–Crippen LogP) is 1.35. The van der Waals surface area contributed by atoms with E-state index in [1.165, 1.54) is 6.20 Å². The molecule has 2 aromatic rings. The fourth-order valence-corrected chi connectivity index (χ4v) is 3.45. The molecular formula is C20H27N5O2. The molecule has 1 aliphatic heterocycles. The van der Waals surface area contributed by atoms with Crippen molar-refractivity contribution in [3.05, 3.63) is 59.9 Å². The molecule has 1 saturated heterocycles. The molecule has 4 N–H and O–H groups in total. The molecular weight excluding hydrogens is 342 g/mol. The summed E-state index contributed by atoms with van der Waals surface area (Å²) >= 11 is 0. The first-order valence-corrected chi connectivity index (χ1v) is 9.22. The molecule has 0 saturated carbocycles. The molecule has 144 valence electrons. The Morgan fingerprint density at radius 3 is 2.59 bits per heavy atom. The summed E-state index contributed by atoms with van der Waals surface area (Å²) in [6, 6.07) is 13.4. The van der Waals surface area contributed by atoms with Crippen LogP contribution in [0.15, 0.2) is 48.7 Å². The SMILES string of the molecule is CN1CCC(C(O)N(Cc2ccc(C(=O)NN)cn2)c2ccccc2)CC1. The standard InChI is InChI=1S/C20H27N5O2/c1-24-11-9-15(10-12-24)20(27)25(18-5-3-2-4-6-18)14-17-8-7-16(13-22-17)19(26)23-21/h2-8,13,15,20,27H,9-12,14,21H2,1H3,(H,23,26). The molecule has 7 nitrogen and oxygen atoms in total. The summed E-state index contributed by atoms with van der Waals surface area (Å²) in [5.74, 6) is 5.00. The van der Waals surface area contributed by atoms with E-state index >= 15 is 0 Å². The van der Waals surface area contributed by atoms with E-state index in [2.05, 4.69) is 22.4 Å². The van der Waals surface area contributed by atoms with Gasteiger partial charge in [0.15, 0.2) is 0 Å². The van der Waals surface area contributed by atoms with E-state index < -0.39 is 6.23 Å². The quantitative estimate of drug-likeness (QED) is 0.308. The van der Waals surface area contributed by atoms with E-state index in [0.717, 1.165) is 37.3 Å². The third-order valence-electron chi connectivity index (χ3n) is 5.14. The molecule has 1 amide bonds. The van der Waals surface area contributed by atoms with Crippen LogP contribution in [0.2, 0.25) is 0 Å². The van der Waals surface area contributed by atoms with Gasteiger partial charge < -0.3 is 14.9 Å². The minimum Gasteiger partial charge on any atom is -0.373 e. The molecule has 27 heavy (non-hydrogen) atoms. The number of aromatic nitrogens is 1. The number of nitrogens with two attached hydrogens (primary N) is 1. The zero-order valence-electron chi connectivity index (χ0n) is 15.6. The number of aliphatic hydroxyl groups is 1. The number of pyridine rings is 1. The molecule has 7 heteroatoms. The maximum Gasteiger partial charge on any atom is 0.266 e. The van der Waals surface area contributed by atoms with Crippen molar-refractivity contribution in [2.24, 2.45) is 11.8 Å². The van der Waals surface area contributed by atoms with Crippen LogP contribution in [0.3, 0.4) is 0 Å². The number of anilines is 1. The predicted molar refractivity (Wildman–Crippen MR) is 105 cm³/mol. The molecule has 1 aliphatic rings. The Kier molecular flexibility index (Phi) is 6.39. The minimum absolute atomic E-state index is 0.212. The number of nitrogens with zero attached hydrogens (tertiary/aromatic N) is 3. The summed E-state index contributed by atoms with van der Waals surface area (Å²) < 4.78 is 0. The van der Waals surface area contributed by atoms with E-state index in [-0.39, 0.29) is 11.8 Å². The van der Waals surface area contributed by atoms with Gasteiger partial charge in [0.1, 0.15) is 6.23 Å². The van der Waals surface area contributed by atoms with Crippen LogP contribution in [-0.2, 0) is 6.54 Å². The zero-order valence-corrected chi connectivity index (χ0v) is 15.6. The Morgan fingerprint density at radius 1 is 1.30 bits per heavy atom. The molecule has 1 aromatic carbocycles. The largest absolute Gasteiger partial charge is 0.373 e. The number of amides is 1. The summed E-state index contributed by atoms with van der Waals surface area (Å²) in [6.07, 6.45) is 2.84. The molecule has 0 bridgehead atoms. The van der Waals surface area contributed by atoms with Gasteiger partial charge in [0.05, 0.1) is 17.8 Å². The molecule has 1 atom stereocenters. The Balaban J connectivity index is 1.79. The molecule has 2 heterocycles. The minimum atomic E-state index is -0.588. The molecule has 0 aliphatic carbocycles. The van der Waals surface area contributed by atoms with Crippen molar-refractivity contribution < 1.29 is 9.90 Å². The molecule has 1 fully saturated rings. The van der Waals surface area contributed by atoms with Crippen molar-refractivity contribution in [1.82, 2.24) is 15.3 Å². The second kappa shape index (κ2) is 8.94. The number of hydrogen-bond acceptors (Lipinski definition) is 6. The highest BCUT2D eigenvalue weighted by atomic mass is 16.3. The average molecular weight is 369 g/mol. The molecule has 0 spiro atoms. The number of rotatable bonds is 6. The van der Waals surface area contributed by atoms with Gasteiger partial charge in [0.25, 0.3) is 5.91 Å². The Bertz CT molecular complexity index is 730. The van der Waals surface area contributed by atoms with Gasteiger partial charge in [-0.15, -0.1) is 0 Å². The zero-order chi connectivity index (χ0) is 19.2. The van der Waals surface area contributed by atoms with Crippen molar-refractivity contribution >= 4 is 11.6 Å². The lowest BCUT2D eigenvalue weighted by Gasteiger charge is -2.38. The van der Waals surface area contributed by atoms with E-state index in [4.69, 9.17) is 5.84 Å². The topological polar surface area (TPSA) is 94.7 Å². The number of piperidine rings is 1. The van der Waals surface area contributed by atoms with Gasteiger partial charge in [-0.2, -0.15) is 0 Å². The maximum atomic E-state index is 11.6. The first kappa shape index (κ1) is 19.3. The number of likely N-dealkylation sites (tertiary alicyclic amines) is 1.